The Labute approximate surface area is 120 Å². The summed E-state index contributed by atoms with van der Waals surface area (Å²) in [6, 6.07) is 7.43. The Balaban J connectivity index is 2.26. The molecule has 0 aliphatic rings. The zero-order valence-corrected chi connectivity index (χ0v) is 12.5. The fourth-order valence-corrected chi connectivity index (χ4v) is 1.64. The van der Waals surface area contributed by atoms with Crippen LogP contribution in [0.2, 0.25) is 0 Å². The van der Waals surface area contributed by atoms with Gasteiger partial charge in [0.05, 0.1) is 13.7 Å². The van der Waals surface area contributed by atoms with Gasteiger partial charge in [-0.2, -0.15) is 0 Å². The molecule has 2 N–H and O–H groups in total. The molecule has 0 radical (unpaired) electrons. The highest BCUT2D eigenvalue weighted by molar-refractivity contribution is 5.75. The van der Waals surface area contributed by atoms with Gasteiger partial charge in [0.1, 0.15) is 18.1 Å². The van der Waals surface area contributed by atoms with Gasteiger partial charge < -0.3 is 20.1 Å². The van der Waals surface area contributed by atoms with Crippen molar-refractivity contribution in [2.45, 2.75) is 25.8 Å². The van der Waals surface area contributed by atoms with Gasteiger partial charge in [0.2, 0.25) is 5.91 Å². The van der Waals surface area contributed by atoms with E-state index in [0.29, 0.717) is 26.0 Å². The summed E-state index contributed by atoms with van der Waals surface area (Å²) in [5.41, 5.74) is 5.63. The molecule has 1 unspecified atom stereocenters. The molecule has 0 saturated heterocycles. The van der Waals surface area contributed by atoms with Crippen molar-refractivity contribution in [2.75, 3.05) is 27.3 Å². The number of likely N-dealkylation sites (N-methyl/N-ethyl adjacent to an activating group) is 1. The van der Waals surface area contributed by atoms with E-state index in [9.17, 15) is 4.79 Å². The zero-order valence-electron chi connectivity index (χ0n) is 12.5. The van der Waals surface area contributed by atoms with Crippen LogP contribution in [0.4, 0.5) is 0 Å². The molecule has 112 valence electrons. The second-order valence-corrected chi connectivity index (χ2v) is 4.86. The van der Waals surface area contributed by atoms with Gasteiger partial charge in [0, 0.05) is 19.5 Å². The highest BCUT2D eigenvalue weighted by Crippen LogP contribution is 2.16. The third kappa shape index (κ3) is 5.93. The number of carbonyl (C=O) groups is 1. The van der Waals surface area contributed by atoms with E-state index in [1.54, 1.807) is 19.1 Å². The number of benzene rings is 1. The largest absolute Gasteiger partial charge is 0.497 e. The average Bonchev–Trinajstić information content (AvgIpc) is 2.45. The van der Waals surface area contributed by atoms with Gasteiger partial charge in [-0.05, 0) is 37.6 Å². The van der Waals surface area contributed by atoms with Crippen LogP contribution >= 0.6 is 0 Å². The Kier molecular flexibility index (Phi) is 6.87. The van der Waals surface area contributed by atoms with Crippen molar-refractivity contribution in [2.24, 2.45) is 5.73 Å². The highest BCUT2D eigenvalue weighted by atomic mass is 16.5. The standard InChI is InChI=1S/C15H24N2O3/c1-12(16)4-9-15(18)17(2)10-11-20-14-7-5-13(19-3)6-8-14/h5-8,12H,4,9-11,16H2,1-3H3. The number of carbonyl (C=O) groups excluding carboxylic acids is 1. The number of ether oxygens (including phenoxy) is 2. The van der Waals surface area contributed by atoms with E-state index in [1.807, 2.05) is 31.2 Å². The number of hydrogen-bond acceptors (Lipinski definition) is 4. The fraction of sp³-hybridized carbons (Fsp3) is 0.533. The molecule has 0 aromatic heterocycles. The highest BCUT2D eigenvalue weighted by Gasteiger charge is 2.09. The van der Waals surface area contributed by atoms with Crippen LogP contribution in [0.3, 0.4) is 0 Å². The van der Waals surface area contributed by atoms with Crippen LogP contribution in [0.5, 0.6) is 11.5 Å². The van der Waals surface area contributed by atoms with E-state index in [0.717, 1.165) is 11.5 Å². The van der Waals surface area contributed by atoms with Crippen LogP contribution < -0.4 is 15.2 Å². The lowest BCUT2D eigenvalue weighted by molar-refractivity contribution is -0.130. The zero-order chi connectivity index (χ0) is 15.0. The maximum atomic E-state index is 11.8. The molecule has 0 spiro atoms. The van der Waals surface area contributed by atoms with Crippen molar-refractivity contribution in [3.63, 3.8) is 0 Å². The molecule has 0 bridgehead atoms. The third-order valence-electron chi connectivity index (χ3n) is 2.99. The van der Waals surface area contributed by atoms with E-state index in [1.165, 1.54) is 0 Å². The van der Waals surface area contributed by atoms with E-state index < -0.39 is 0 Å². The van der Waals surface area contributed by atoms with Gasteiger partial charge in [-0.15, -0.1) is 0 Å². The second kappa shape index (κ2) is 8.43. The predicted octanol–water partition coefficient (Wildman–Crippen LogP) is 1.66. The first-order chi connectivity index (χ1) is 9.52. The molecule has 1 atom stereocenters. The minimum atomic E-state index is 0.0582. The van der Waals surface area contributed by atoms with Crippen LogP contribution in [0.1, 0.15) is 19.8 Å². The lowest BCUT2D eigenvalue weighted by Crippen LogP contribution is -2.31. The average molecular weight is 280 g/mol. The van der Waals surface area contributed by atoms with Crippen molar-refractivity contribution in [3.05, 3.63) is 24.3 Å². The quantitative estimate of drug-likeness (QED) is 0.786. The van der Waals surface area contributed by atoms with Crippen LogP contribution in [0, 0.1) is 0 Å². The Hall–Kier alpha value is -1.75. The maximum absolute atomic E-state index is 11.8. The number of hydrogen-bond donors (Lipinski definition) is 1. The molecule has 0 fully saturated rings. The van der Waals surface area contributed by atoms with Crippen LogP contribution in [0.15, 0.2) is 24.3 Å². The van der Waals surface area contributed by atoms with Gasteiger partial charge in [0.25, 0.3) is 0 Å². The molecule has 0 heterocycles. The molecule has 1 aromatic carbocycles. The Morgan fingerprint density at radius 1 is 1.30 bits per heavy atom. The van der Waals surface area contributed by atoms with Crippen LogP contribution in [-0.4, -0.2) is 44.2 Å². The monoisotopic (exact) mass is 280 g/mol. The fourth-order valence-electron chi connectivity index (χ4n) is 1.64. The minimum Gasteiger partial charge on any atom is -0.497 e. The molecule has 1 rings (SSSR count). The Morgan fingerprint density at radius 2 is 1.90 bits per heavy atom. The first-order valence-corrected chi connectivity index (χ1v) is 6.79. The number of nitrogens with two attached hydrogens (primary N) is 1. The van der Waals surface area contributed by atoms with Crippen molar-refractivity contribution in [3.8, 4) is 11.5 Å². The van der Waals surface area contributed by atoms with Crippen molar-refractivity contribution < 1.29 is 14.3 Å². The molecular formula is C15H24N2O3. The first-order valence-electron chi connectivity index (χ1n) is 6.79. The van der Waals surface area contributed by atoms with E-state index >= 15 is 0 Å². The van der Waals surface area contributed by atoms with E-state index in [2.05, 4.69) is 0 Å². The lowest BCUT2D eigenvalue weighted by Gasteiger charge is -2.18. The summed E-state index contributed by atoms with van der Waals surface area (Å²) in [6.07, 6.45) is 1.19. The summed E-state index contributed by atoms with van der Waals surface area (Å²) >= 11 is 0. The van der Waals surface area contributed by atoms with E-state index in [4.69, 9.17) is 15.2 Å². The number of amides is 1. The van der Waals surface area contributed by atoms with Gasteiger partial charge in [-0.25, -0.2) is 0 Å². The molecule has 5 heteroatoms. The Morgan fingerprint density at radius 3 is 2.45 bits per heavy atom. The SMILES string of the molecule is COc1ccc(OCCN(C)C(=O)CCC(C)N)cc1. The molecule has 0 aliphatic carbocycles. The molecule has 0 saturated carbocycles. The molecule has 5 nitrogen and oxygen atoms in total. The number of rotatable bonds is 8. The third-order valence-corrected chi connectivity index (χ3v) is 2.99. The molecule has 1 aromatic rings. The van der Waals surface area contributed by atoms with Gasteiger partial charge in [-0.1, -0.05) is 0 Å². The second-order valence-electron chi connectivity index (χ2n) is 4.86. The lowest BCUT2D eigenvalue weighted by atomic mass is 10.2. The normalized spacial score (nSPS) is 11.8. The first kappa shape index (κ1) is 16.3. The summed E-state index contributed by atoms with van der Waals surface area (Å²) in [7, 11) is 3.40. The van der Waals surface area contributed by atoms with Gasteiger partial charge >= 0.3 is 0 Å². The summed E-state index contributed by atoms with van der Waals surface area (Å²) < 4.78 is 10.6. The molecule has 1 amide bonds. The van der Waals surface area contributed by atoms with Gasteiger partial charge in [-0.3, -0.25) is 4.79 Å². The predicted molar refractivity (Wildman–Crippen MR) is 79.0 cm³/mol. The number of methoxy groups -OCH3 is 1. The van der Waals surface area contributed by atoms with Crippen LogP contribution in [0.25, 0.3) is 0 Å². The molecule has 0 aliphatic heterocycles. The summed E-state index contributed by atoms with van der Waals surface area (Å²) in [4.78, 5) is 13.4. The molecular weight excluding hydrogens is 256 g/mol. The van der Waals surface area contributed by atoms with E-state index in [-0.39, 0.29) is 11.9 Å². The topological polar surface area (TPSA) is 64.8 Å². The van der Waals surface area contributed by atoms with Gasteiger partial charge in [0.15, 0.2) is 0 Å². The van der Waals surface area contributed by atoms with Crippen molar-refractivity contribution in [1.29, 1.82) is 0 Å². The summed E-state index contributed by atoms with van der Waals surface area (Å²) in [5, 5.41) is 0. The molecule has 20 heavy (non-hydrogen) atoms. The smallest absolute Gasteiger partial charge is 0.222 e. The maximum Gasteiger partial charge on any atom is 0.222 e. The van der Waals surface area contributed by atoms with Crippen LogP contribution in [-0.2, 0) is 4.79 Å². The van der Waals surface area contributed by atoms with Crippen molar-refractivity contribution >= 4 is 5.91 Å². The summed E-state index contributed by atoms with van der Waals surface area (Å²) in [5.74, 6) is 1.66. The van der Waals surface area contributed by atoms with Crippen molar-refractivity contribution in [1.82, 2.24) is 4.90 Å². The minimum absolute atomic E-state index is 0.0582. The number of nitrogens with zero attached hydrogens (tertiary/aromatic N) is 1. The summed E-state index contributed by atoms with van der Waals surface area (Å²) in [6.45, 7) is 2.93. The Bertz CT molecular complexity index is 404.